The molecule has 0 N–H and O–H groups in total. The third-order valence-electron chi connectivity index (χ3n) is 14.9. The molecule has 0 radical (unpaired) electrons. The third kappa shape index (κ3) is 21.2. The van der Waals surface area contributed by atoms with Crippen LogP contribution < -0.4 is 19.1 Å². The molecule has 2 aromatic heterocycles. The number of carbonyl (C=O) groups is 1. The van der Waals surface area contributed by atoms with Crippen molar-refractivity contribution in [2.75, 3.05) is 177 Å². The van der Waals surface area contributed by atoms with Gasteiger partial charge in [0.25, 0.3) is 0 Å². The number of ketones is 1. The number of halogens is 2. The first-order valence-electron chi connectivity index (χ1n) is 29.4. The predicted molar refractivity (Wildman–Crippen MR) is 310 cm³/mol. The number of carbonyl (C=O) groups excluding carboxylic acids is 1. The molecule has 3 aliphatic rings. The molecule has 1 aliphatic carbocycles. The third-order valence-corrected chi connectivity index (χ3v) is 15.3. The lowest BCUT2D eigenvalue weighted by atomic mass is 9.88. The second kappa shape index (κ2) is 36.0. The number of pyridine rings is 1. The van der Waals surface area contributed by atoms with Crippen LogP contribution in [0.2, 0.25) is 5.02 Å². The van der Waals surface area contributed by atoms with Gasteiger partial charge < -0.3 is 66.6 Å². The Morgan fingerprint density at radius 1 is 0.585 bits per heavy atom. The fourth-order valence-electron chi connectivity index (χ4n) is 10.1. The van der Waals surface area contributed by atoms with Crippen molar-refractivity contribution in [1.29, 1.82) is 0 Å². The maximum atomic E-state index is 13.6. The highest BCUT2D eigenvalue weighted by molar-refractivity contribution is 6.36. The summed E-state index contributed by atoms with van der Waals surface area (Å²) in [4.78, 5) is 18.3. The first kappa shape index (κ1) is 63.0. The Hall–Kier alpha value is -5.03. The molecular weight excluding hydrogens is 1080 g/mol. The van der Waals surface area contributed by atoms with Gasteiger partial charge in [0.05, 0.1) is 137 Å². The summed E-state index contributed by atoms with van der Waals surface area (Å²) < 4.78 is 83.3. The minimum atomic E-state index is -0.222. The Morgan fingerprint density at radius 3 is 1.63 bits per heavy atom. The molecule has 2 aliphatic heterocycles. The normalized spacial score (nSPS) is 15.4. The zero-order chi connectivity index (χ0) is 56.8. The molecule has 3 fully saturated rings. The van der Waals surface area contributed by atoms with Gasteiger partial charge in [-0.3, -0.25) is 9.20 Å². The highest BCUT2D eigenvalue weighted by Gasteiger charge is 2.30. The van der Waals surface area contributed by atoms with Crippen molar-refractivity contribution in [3.8, 4) is 17.2 Å². The summed E-state index contributed by atoms with van der Waals surface area (Å²) in [7, 11) is 1.56. The molecule has 1 saturated carbocycles. The topological polar surface area (TPSA) is 164 Å². The molecule has 450 valence electrons. The number of piperidine rings is 2. The Balaban J connectivity index is 0.518. The van der Waals surface area contributed by atoms with Crippen LogP contribution in [0.5, 0.6) is 17.2 Å². The smallest absolute Gasteiger partial charge is 0.181 e. The van der Waals surface area contributed by atoms with Crippen molar-refractivity contribution >= 4 is 28.7 Å². The van der Waals surface area contributed by atoms with Crippen LogP contribution in [-0.4, -0.2) is 197 Å². The Morgan fingerprint density at radius 2 is 1.11 bits per heavy atom. The number of methoxy groups -OCH3 is 1. The lowest BCUT2D eigenvalue weighted by molar-refractivity contribution is -0.0257. The van der Waals surface area contributed by atoms with Crippen molar-refractivity contribution in [3.63, 3.8) is 0 Å². The highest BCUT2D eigenvalue weighted by Crippen LogP contribution is 2.38. The number of anilines is 1. The fraction of sp³-hybridized carbons (Fsp3) is 0.597. The van der Waals surface area contributed by atoms with E-state index in [0.717, 1.165) is 106 Å². The first-order valence-corrected chi connectivity index (χ1v) is 29.8. The summed E-state index contributed by atoms with van der Waals surface area (Å²) in [5, 5.41) is 9.55. The lowest BCUT2D eigenvalue weighted by Gasteiger charge is -2.34. The number of hydrogen-bond donors (Lipinski definition) is 0. The molecular formula is C62H85ClFN5O13. The van der Waals surface area contributed by atoms with Crippen molar-refractivity contribution < 1.29 is 66.0 Å². The molecule has 0 atom stereocenters. The molecule has 8 rings (SSSR count). The van der Waals surface area contributed by atoms with E-state index in [1.165, 1.54) is 30.5 Å². The molecule has 0 bridgehead atoms. The van der Waals surface area contributed by atoms with Crippen molar-refractivity contribution in [2.45, 2.75) is 57.3 Å². The van der Waals surface area contributed by atoms with E-state index in [2.05, 4.69) is 60.9 Å². The molecule has 4 heterocycles. The molecule has 20 heteroatoms. The summed E-state index contributed by atoms with van der Waals surface area (Å²) in [6.45, 7) is 13.6. The summed E-state index contributed by atoms with van der Waals surface area (Å²) in [6.07, 6.45) is 10.1. The Bertz CT molecular complexity index is 2580. The predicted octanol–water partition coefficient (Wildman–Crippen LogP) is 8.61. The quantitative estimate of drug-likeness (QED) is 0.0269. The van der Waals surface area contributed by atoms with Gasteiger partial charge in [0, 0.05) is 38.2 Å². The number of aromatic nitrogens is 3. The molecule has 3 aromatic carbocycles. The number of likely N-dealkylation sites (tertiary alicyclic amines) is 1. The summed E-state index contributed by atoms with van der Waals surface area (Å²) in [5.41, 5.74) is 4.79. The minimum Gasteiger partial charge on any atom is -0.492 e. The standard InChI is InChI=1S/C62H85ClFN5O13/c1-71-61-55(60(70)52-16-22-67(23-17-52)21-15-48-7-11-53(64)12-8-48)3-2-4-57(61)82-46-44-80-42-40-78-38-36-76-34-32-74-30-28-72-27-29-73-31-33-75-35-37-77-39-41-79-43-45-81-54-13-9-50(10-14-54)51-18-24-68(25-19-51)56-20-26-69-58(47-49-5-6-49)65-66-62(69)59(56)63/h2-4,7-14,20,26,49,51-52H,5-6,15-19,21-25,27-47H2,1H3. The van der Waals surface area contributed by atoms with Gasteiger partial charge in [0.2, 0.25) is 0 Å². The summed E-state index contributed by atoms with van der Waals surface area (Å²) in [6, 6.07) is 22.7. The Kier molecular flexibility index (Phi) is 27.6. The largest absolute Gasteiger partial charge is 0.492 e. The maximum Gasteiger partial charge on any atom is 0.181 e. The van der Waals surface area contributed by atoms with Gasteiger partial charge in [-0.2, -0.15) is 0 Å². The molecule has 2 saturated heterocycles. The maximum absolute atomic E-state index is 13.6. The number of nitrogens with zero attached hydrogens (tertiary/aromatic N) is 5. The van der Waals surface area contributed by atoms with Crippen LogP contribution in [0.3, 0.4) is 0 Å². The molecule has 18 nitrogen and oxygen atoms in total. The first-order chi connectivity index (χ1) is 40.4. The van der Waals surface area contributed by atoms with E-state index in [0.29, 0.717) is 160 Å². The van der Waals surface area contributed by atoms with Gasteiger partial charge in [-0.05, 0) is 123 Å². The van der Waals surface area contributed by atoms with E-state index in [-0.39, 0.29) is 17.5 Å². The van der Waals surface area contributed by atoms with E-state index >= 15 is 0 Å². The minimum absolute atomic E-state index is 0.0773. The van der Waals surface area contributed by atoms with Gasteiger partial charge >= 0.3 is 0 Å². The number of rotatable bonds is 42. The van der Waals surface area contributed by atoms with Crippen LogP contribution in [-0.2, 0) is 55.5 Å². The van der Waals surface area contributed by atoms with Crippen LogP contribution in [0.4, 0.5) is 10.1 Å². The van der Waals surface area contributed by atoms with E-state index in [9.17, 15) is 9.18 Å². The Labute approximate surface area is 487 Å². The van der Waals surface area contributed by atoms with Crippen LogP contribution in [0.25, 0.3) is 5.65 Å². The molecule has 82 heavy (non-hydrogen) atoms. The SMILES string of the molecule is COc1c(OCCOCCOCCOCCOCCOCCOCCOCCOCCOCCOc2ccc(C3CCN(c4ccn5c(CC6CC6)nnc5c4Cl)CC3)cc2)cccc1C(=O)C1CCN(CCc2ccc(F)cc2)CC1. The number of para-hydroxylation sites is 1. The van der Waals surface area contributed by atoms with E-state index in [1.807, 2.05) is 18.2 Å². The fourth-order valence-corrected chi connectivity index (χ4v) is 10.4. The number of Topliss-reactive ketones (excluding diaryl/α,β-unsaturated/α-hetero) is 1. The van der Waals surface area contributed by atoms with Crippen LogP contribution >= 0.6 is 11.6 Å². The molecule has 0 amide bonds. The van der Waals surface area contributed by atoms with Crippen LogP contribution in [0.1, 0.15) is 71.8 Å². The average molecular weight is 1160 g/mol. The summed E-state index contributed by atoms with van der Waals surface area (Å²) >= 11 is 6.87. The van der Waals surface area contributed by atoms with Gasteiger partial charge in [0.15, 0.2) is 22.9 Å². The second-order valence-electron chi connectivity index (χ2n) is 20.7. The van der Waals surface area contributed by atoms with E-state index < -0.39 is 0 Å². The van der Waals surface area contributed by atoms with Crippen molar-refractivity contribution in [2.24, 2.45) is 11.8 Å². The van der Waals surface area contributed by atoms with Crippen LogP contribution in [0.15, 0.2) is 79.0 Å². The monoisotopic (exact) mass is 1160 g/mol. The summed E-state index contributed by atoms with van der Waals surface area (Å²) in [5.74, 6) is 3.84. The van der Waals surface area contributed by atoms with Gasteiger partial charge in [-0.15, -0.1) is 10.2 Å². The van der Waals surface area contributed by atoms with Crippen molar-refractivity contribution in [1.82, 2.24) is 19.5 Å². The number of ether oxygens (including phenoxy) is 12. The van der Waals surface area contributed by atoms with E-state index in [4.69, 9.17) is 68.4 Å². The zero-order valence-corrected chi connectivity index (χ0v) is 48.6. The zero-order valence-electron chi connectivity index (χ0n) is 47.9. The second-order valence-corrected chi connectivity index (χ2v) is 21.1. The van der Waals surface area contributed by atoms with Gasteiger partial charge in [-0.25, -0.2) is 4.39 Å². The van der Waals surface area contributed by atoms with Gasteiger partial charge in [0.1, 0.15) is 35.6 Å². The van der Waals surface area contributed by atoms with Gasteiger partial charge in [-0.1, -0.05) is 41.9 Å². The van der Waals surface area contributed by atoms with Crippen LogP contribution in [0, 0.1) is 17.7 Å². The number of fused-ring (bicyclic) bond motifs is 1. The number of hydrogen-bond acceptors (Lipinski definition) is 17. The molecule has 5 aromatic rings. The highest BCUT2D eigenvalue weighted by atomic mass is 35.5. The lowest BCUT2D eigenvalue weighted by Crippen LogP contribution is -2.37. The molecule has 0 spiro atoms. The van der Waals surface area contributed by atoms with Crippen molar-refractivity contribution in [3.05, 3.63) is 112 Å². The molecule has 0 unspecified atom stereocenters. The van der Waals surface area contributed by atoms with E-state index in [1.54, 1.807) is 19.2 Å². The average Bonchev–Trinajstić information content (AvgIpc) is 4.40. The number of benzene rings is 3.